The Kier molecular flexibility index (Phi) is 3.29. The quantitative estimate of drug-likeness (QED) is 0.483. The zero-order valence-electron chi connectivity index (χ0n) is 11.5. The molecule has 5 heteroatoms. The average Bonchev–Trinajstić information content (AvgIpc) is 3.13. The van der Waals surface area contributed by atoms with Crippen molar-refractivity contribution in [3.63, 3.8) is 0 Å². The highest BCUT2D eigenvalue weighted by atomic mass is 32.1. The lowest BCUT2D eigenvalue weighted by Gasteiger charge is -2.06. The van der Waals surface area contributed by atoms with Gasteiger partial charge in [0, 0.05) is 30.9 Å². The largest absolute Gasteiger partial charge is 0.323 e. The van der Waals surface area contributed by atoms with Crippen LogP contribution in [0.2, 0.25) is 0 Å². The number of hydrogen-bond donors (Lipinski definition) is 2. The first-order valence-electron chi connectivity index (χ1n) is 6.82. The van der Waals surface area contributed by atoms with Gasteiger partial charge >= 0.3 is 6.03 Å². The van der Waals surface area contributed by atoms with Crippen LogP contribution in [0.3, 0.4) is 0 Å². The van der Waals surface area contributed by atoms with Crippen molar-refractivity contribution in [1.29, 1.82) is 0 Å². The second-order valence-electron chi connectivity index (χ2n) is 4.87. The highest BCUT2D eigenvalue weighted by molar-refractivity contribution is 7.18. The molecular weight excluding hydrogens is 312 g/mol. The summed E-state index contributed by atoms with van der Waals surface area (Å²) in [4.78, 5) is 12.3. The first-order chi connectivity index (χ1) is 10.8. The van der Waals surface area contributed by atoms with Crippen molar-refractivity contribution < 1.29 is 4.79 Å². The van der Waals surface area contributed by atoms with Crippen molar-refractivity contribution in [3.8, 4) is 0 Å². The van der Waals surface area contributed by atoms with Gasteiger partial charge in [-0.2, -0.15) is 0 Å². The summed E-state index contributed by atoms with van der Waals surface area (Å²) in [6.45, 7) is 0. The van der Waals surface area contributed by atoms with E-state index in [1.165, 1.54) is 9.40 Å². The molecule has 0 spiro atoms. The van der Waals surface area contributed by atoms with Gasteiger partial charge in [0.15, 0.2) is 0 Å². The molecule has 0 saturated carbocycles. The number of carbonyl (C=O) groups excluding carboxylic acids is 1. The lowest BCUT2D eigenvalue weighted by molar-refractivity contribution is 0.262. The Morgan fingerprint density at radius 2 is 1.18 bits per heavy atom. The summed E-state index contributed by atoms with van der Waals surface area (Å²) in [5.74, 6) is 0. The van der Waals surface area contributed by atoms with Gasteiger partial charge in [-0.1, -0.05) is 36.4 Å². The summed E-state index contributed by atoms with van der Waals surface area (Å²) in [6, 6.07) is 15.9. The molecule has 0 aliphatic rings. The van der Waals surface area contributed by atoms with Crippen molar-refractivity contribution in [2.45, 2.75) is 0 Å². The molecule has 0 unspecified atom stereocenters. The average molecular weight is 324 g/mol. The van der Waals surface area contributed by atoms with Crippen LogP contribution in [0, 0.1) is 0 Å². The fourth-order valence-electron chi connectivity index (χ4n) is 2.43. The number of nitrogens with one attached hydrogen (secondary N) is 2. The van der Waals surface area contributed by atoms with Crippen LogP contribution >= 0.6 is 22.7 Å². The second kappa shape index (κ2) is 5.44. The molecule has 0 aliphatic carbocycles. The molecule has 0 atom stereocenters. The third-order valence-corrected chi connectivity index (χ3v) is 5.39. The maximum Gasteiger partial charge on any atom is 0.323 e. The Hall–Kier alpha value is -2.37. The zero-order chi connectivity index (χ0) is 14.9. The first-order valence-corrected chi connectivity index (χ1v) is 8.58. The Morgan fingerprint density at radius 3 is 1.68 bits per heavy atom. The summed E-state index contributed by atoms with van der Waals surface area (Å²) in [5.41, 5.74) is 1.69. The van der Waals surface area contributed by atoms with Gasteiger partial charge in [-0.25, -0.2) is 4.79 Å². The summed E-state index contributed by atoms with van der Waals surface area (Å²) in [7, 11) is 0. The molecule has 2 heterocycles. The number of benzene rings is 2. The minimum absolute atomic E-state index is 0.216. The van der Waals surface area contributed by atoms with Crippen molar-refractivity contribution in [1.82, 2.24) is 0 Å². The number of thiophene rings is 2. The Labute approximate surface area is 135 Å². The molecule has 0 fully saturated rings. The molecule has 0 radical (unpaired) electrons. The molecule has 2 amide bonds. The molecule has 108 valence electrons. The van der Waals surface area contributed by atoms with E-state index < -0.39 is 0 Å². The van der Waals surface area contributed by atoms with Crippen LogP contribution in [0.15, 0.2) is 59.3 Å². The normalized spacial score (nSPS) is 10.9. The standard InChI is InChI=1S/C17H12N2OS2/c20-17(18-13-9-21-15-7-3-1-5-11(13)15)19-14-10-22-16-8-4-2-6-12(14)16/h1-10H,(H2,18,19,20). The van der Waals surface area contributed by atoms with Gasteiger partial charge < -0.3 is 10.6 Å². The van der Waals surface area contributed by atoms with Gasteiger partial charge in [-0.05, 0) is 12.1 Å². The predicted molar refractivity (Wildman–Crippen MR) is 96.3 cm³/mol. The second-order valence-corrected chi connectivity index (χ2v) is 6.69. The number of urea groups is 1. The number of fused-ring (bicyclic) bond motifs is 2. The van der Waals surface area contributed by atoms with Crippen LogP contribution in [0.25, 0.3) is 20.2 Å². The van der Waals surface area contributed by atoms with Gasteiger partial charge in [0.05, 0.1) is 11.4 Å². The van der Waals surface area contributed by atoms with Gasteiger partial charge in [0.25, 0.3) is 0 Å². The molecule has 22 heavy (non-hydrogen) atoms. The van der Waals surface area contributed by atoms with Crippen molar-refractivity contribution >= 4 is 60.3 Å². The molecule has 0 saturated heterocycles. The number of rotatable bonds is 2. The summed E-state index contributed by atoms with van der Waals surface area (Å²) >= 11 is 3.25. The van der Waals surface area contributed by atoms with Crippen LogP contribution in [-0.2, 0) is 0 Å². The fourth-order valence-corrected chi connectivity index (χ4v) is 4.21. The van der Waals surface area contributed by atoms with E-state index in [2.05, 4.69) is 22.8 Å². The highest BCUT2D eigenvalue weighted by Gasteiger charge is 2.10. The first kappa shape index (κ1) is 13.3. The van der Waals surface area contributed by atoms with E-state index in [1.807, 2.05) is 47.2 Å². The summed E-state index contributed by atoms with van der Waals surface area (Å²) < 4.78 is 2.33. The molecule has 2 N–H and O–H groups in total. The maximum absolute atomic E-state index is 12.3. The smallest absolute Gasteiger partial charge is 0.306 e. The number of hydrogen-bond acceptors (Lipinski definition) is 3. The Bertz CT molecular complexity index is 893. The zero-order valence-corrected chi connectivity index (χ0v) is 13.1. The predicted octanol–water partition coefficient (Wildman–Crippen LogP) is 5.76. The SMILES string of the molecule is O=C(Nc1csc2ccccc12)Nc1csc2ccccc12. The molecule has 0 bridgehead atoms. The minimum atomic E-state index is -0.216. The molecule has 3 nitrogen and oxygen atoms in total. The topological polar surface area (TPSA) is 41.1 Å². The number of anilines is 2. The molecular formula is C17H12N2OS2. The van der Waals surface area contributed by atoms with Crippen LogP contribution in [0.4, 0.5) is 16.2 Å². The molecule has 2 aromatic heterocycles. The van der Waals surface area contributed by atoms with Crippen LogP contribution < -0.4 is 10.6 Å². The molecule has 4 rings (SSSR count). The highest BCUT2D eigenvalue weighted by Crippen LogP contribution is 2.32. The monoisotopic (exact) mass is 324 g/mol. The Balaban J connectivity index is 1.58. The van der Waals surface area contributed by atoms with Gasteiger partial charge in [0.1, 0.15) is 0 Å². The van der Waals surface area contributed by atoms with Crippen molar-refractivity contribution in [2.75, 3.05) is 10.6 Å². The van der Waals surface area contributed by atoms with Crippen LogP contribution in [0.5, 0.6) is 0 Å². The van der Waals surface area contributed by atoms with E-state index in [9.17, 15) is 4.79 Å². The van der Waals surface area contributed by atoms with Gasteiger partial charge in [-0.15, -0.1) is 22.7 Å². The lowest BCUT2D eigenvalue weighted by Crippen LogP contribution is -2.18. The Morgan fingerprint density at radius 1 is 0.727 bits per heavy atom. The van der Waals surface area contributed by atoms with E-state index in [-0.39, 0.29) is 6.03 Å². The van der Waals surface area contributed by atoms with E-state index in [1.54, 1.807) is 22.7 Å². The third-order valence-electron chi connectivity index (χ3n) is 3.46. The lowest BCUT2D eigenvalue weighted by atomic mass is 10.2. The number of amides is 2. The van der Waals surface area contributed by atoms with Gasteiger partial charge in [0.2, 0.25) is 0 Å². The van der Waals surface area contributed by atoms with E-state index >= 15 is 0 Å². The van der Waals surface area contributed by atoms with E-state index in [0.717, 1.165) is 22.1 Å². The van der Waals surface area contributed by atoms with Crippen LogP contribution in [-0.4, -0.2) is 6.03 Å². The maximum atomic E-state index is 12.3. The van der Waals surface area contributed by atoms with Crippen molar-refractivity contribution in [3.05, 3.63) is 59.3 Å². The molecule has 0 aliphatic heterocycles. The van der Waals surface area contributed by atoms with E-state index in [4.69, 9.17) is 0 Å². The van der Waals surface area contributed by atoms with Gasteiger partial charge in [-0.3, -0.25) is 0 Å². The van der Waals surface area contributed by atoms with E-state index in [0.29, 0.717) is 0 Å². The molecule has 2 aromatic carbocycles. The number of carbonyl (C=O) groups is 1. The minimum Gasteiger partial charge on any atom is -0.306 e. The fraction of sp³-hybridized carbons (Fsp3) is 0. The third kappa shape index (κ3) is 2.34. The van der Waals surface area contributed by atoms with Crippen LogP contribution in [0.1, 0.15) is 0 Å². The van der Waals surface area contributed by atoms with Crippen molar-refractivity contribution in [2.24, 2.45) is 0 Å². The summed E-state index contributed by atoms with van der Waals surface area (Å²) in [6.07, 6.45) is 0. The summed E-state index contributed by atoms with van der Waals surface area (Å²) in [5, 5.41) is 11.9. The molecule has 4 aromatic rings.